The molecule has 8 heteroatoms. The van der Waals surface area contributed by atoms with Crippen LogP contribution in [-0.4, -0.2) is 49.0 Å². The van der Waals surface area contributed by atoms with E-state index in [1.807, 2.05) is 0 Å². The summed E-state index contributed by atoms with van der Waals surface area (Å²) in [5.74, 6) is -0.622. The predicted octanol–water partition coefficient (Wildman–Crippen LogP) is 3.38. The molecule has 1 fully saturated rings. The van der Waals surface area contributed by atoms with Crippen LogP contribution in [0.5, 0.6) is 5.75 Å². The minimum Gasteiger partial charge on any atom is -0.495 e. The molecule has 2 aromatic carbocycles. The van der Waals surface area contributed by atoms with E-state index in [4.69, 9.17) is 21.1 Å². The molecule has 0 spiro atoms. The van der Waals surface area contributed by atoms with Gasteiger partial charge in [-0.05, 0) is 49.2 Å². The molecule has 0 radical (unpaired) electrons. The second-order valence-electron chi connectivity index (χ2n) is 6.92. The van der Waals surface area contributed by atoms with Gasteiger partial charge in [-0.2, -0.15) is 0 Å². The molecular weight excluding hydrogens is 396 g/mol. The molecule has 2 aliphatic rings. The van der Waals surface area contributed by atoms with Gasteiger partial charge in [-0.25, -0.2) is 0 Å². The molecule has 0 aliphatic carbocycles. The van der Waals surface area contributed by atoms with Crippen molar-refractivity contribution in [1.29, 1.82) is 0 Å². The minimum absolute atomic E-state index is 0.115. The second-order valence-corrected chi connectivity index (χ2v) is 7.33. The fourth-order valence-corrected chi connectivity index (χ4v) is 3.79. The zero-order valence-electron chi connectivity index (χ0n) is 15.7. The lowest BCUT2D eigenvalue weighted by Crippen LogP contribution is -2.36. The smallest absolute Gasteiger partial charge is 0.261 e. The molecule has 29 heavy (non-hydrogen) atoms. The molecule has 1 N–H and O–H groups in total. The van der Waals surface area contributed by atoms with Crippen LogP contribution in [0.3, 0.4) is 0 Å². The SMILES string of the molecule is COc1ccc(C(=O)Nc2ccc3c(c2)C(=O)N(CC2CCCO2)C3=O)cc1Cl. The Hall–Kier alpha value is -2.90. The lowest BCUT2D eigenvalue weighted by Gasteiger charge is -2.17. The average Bonchev–Trinajstić information content (AvgIpc) is 3.31. The third-order valence-electron chi connectivity index (χ3n) is 5.05. The highest BCUT2D eigenvalue weighted by atomic mass is 35.5. The van der Waals surface area contributed by atoms with Crippen molar-refractivity contribution in [2.45, 2.75) is 18.9 Å². The molecule has 4 rings (SSSR count). The van der Waals surface area contributed by atoms with Gasteiger partial charge in [-0.15, -0.1) is 0 Å². The number of hydrogen-bond acceptors (Lipinski definition) is 5. The number of fused-ring (bicyclic) bond motifs is 1. The predicted molar refractivity (Wildman–Crippen MR) is 107 cm³/mol. The molecule has 1 atom stereocenters. The Morgan fingerprint density at radius 2 is 2.00 bits per heavy atom. The molecule has 0 saturated carbocycles. The highest BCUT2D eigenvalue weighted by Gasteiger charge is 2.37. The molecular formula is C21H19ClN2O5. The van der Waals surface area contributed by atoms with Gasteiger partial charge in [0.2, 0.25) is 0 Å². The van der Waals surface area contributed by atoms with Gasteiger partial charge in [-0.3, -0.25) is 19.3 Å². The average molecular weight is 415 g/mol. The van der Waals surface area contributed by atoms with Gasteiger partial charge in [0.25, 0.3) is 17.7 Å². The summed E-state index contributed by atoms with van der Waals surface area (Å²) in [6.45, 7) is 0.901. The van der Waals surface area contributed by atoms with Crippen LogP contribution in [0.4, 0.5) is 5.69 Å². The van der Waals surface area contributed by atoms with Crippen molar-refractivity contribution < 1.29 is 23.9 Å². The number of hydrogen-bond donors (Lipinski definition) is 1. The van der Waals surface area contributed by atoms with Crippen LogP contribution in [-0.2, 0) is 4.74 Å². The lowest BCUT2D eigenvalue weighted by molar-refractivity contribution is 0.0475. The summed E-state index contributed by atoms with van der Waals surface area (Å²) in [4.78, 5) is 39.0. The largest absolute Gasteiger partial charge is 0.495 e. The van der Waals surface area contributed by atoms with Crippen molar-refractivity contribution in [3.8, 4) is 5.75 Å². The summed E-state index contributed by atoms with van der Waals surface area (Å²) in [7, 11) is 1.49. The van der Waals surface area contributed by atoms with Crippen molar-refractivity contribution in [2.24, 2.45) is 0 Å². The zero-order chi connectivity index (χ0) is 20.5. The first-order chi connectivity index (χ1) is 14.0. The molecule has 3 amide bonds. The van der Waals surface area contributed by atoms with Crippen LogP contribution in [0.1, 0.15) is 43.9 Å². The Labute approximate surface area is 172 Å². The van der Waals surface area contributed by atoms with Crippen molar-refractivity contribution >= 4 is 35.0 Å². The molecule has 2 heterocycles. The van der Waals surface area contributed by atoms with Crippen LogP contribution in [0.2, 0.25) is 5.02 Å². The summed E-state index contributed by atoms with van der Waals surface area (Å²) in [6, 6.07) is 9.37. The van der Waals surface area contributed by atoms with Gasteiger partial charge in [0.05, 0.1) is 35.9 Å². The molecule has 1 unspecified atom stereocenters. The standard InChI is InChI=1S/C21H19ClN2O5/c1-28-18-7-4-12(9-17(18)22)19(25)23-13-5-6-15-16(10-13)21(27)24(20(15)26)11-14-3-2-8-29-14/h4-7,9-10,14H,2-3,8,11H2,1H3,(H,23,25). The highest BCUT2D eigenvalue weighted by Crippen LogP contribution is 2.29. The maximum Gasteiger partial charge on any atom is 0.261 e. The third kappa shape index (κ3) is 3.71. The number of amides is 3. The molecule has 0 aromatic heterocycles. The highest BCUT2D eigenvalue weighted by molar-refractivity contribution is 6.32. The summed E-state index contributed by atoms with van der Waals surface area (Å²) in [6.07, 6.45) is 1.65. The Kier molecular flexibility index (Phi) is 5.25. The number of carbonyl (C=O) groups excluding carboxylic acids is 3. The monoisotopic (exact) mass is 414 g/mol. The fourth-order valence-electron chi connectivity index (χ4n) is 3.54. The third-order valence-corrected chi connectivity index (χ3v) is 5.35. The van der Waals surface area contributed by atoms with E-state index < -0.39 is 0 Å². The molecule has 1 saturated heterocycles. The van der Waals surface area contributed by atoms with Crippen molar-refractivity contribution in [1.82, 2.24) is 4.90 Å². The number of rotatable bonds is 5. The van der Waals surface area contributed by atoms with E-state index in [2.05, 4.69) is 5.32 Å². The summed E-state index contributed by atoms with van der Waals surface area (Å²) >= 11 is 6.07. The number of halogens is 1. The number of carbonyl (C=O) groups is 3. The summed E-state index contributed by atoms with van der Waals surface area (Å²) in [5, 5.41) is 3.05. The molecule has 7 nitrogen and oxygen atoms in total. The van der Waals surface area contributed by atoms with E-state index in [1.165, 1.54) is 24.1 Å². The van der Waals surface area contributed by atoms with Gasteiger partial charge < -0.3 is 14.8 Å². The first kappa shape index (κ1) is 19.4. The van der Waals surface area contributed by atoms with Crippen molar-refractivity contribution in [2.75, 3.05) is 25.6 Å². The summed E-state index contributed by atoms with van der Waals surface area (Å²) < 4.78 is 10.6. The number of anilines is 1. The normalized spacial score (nSPS) is 18.1. The Morgan fingerprint density at radius 1 is 1.21 bits per heavy atom. The van der Waals surface area contributed by atoms with Gasteiger partial charge in [-0.1, -0.05) is 11.6 Å². The van der Waals surface area contributed by atoms with E-state index in [0.29, 0.717) is 34.2 Å². The number of benzene rings is 2. The number of ether oxygens (including phenoxy) is 2. The topological polar surface area (TPSA) is 84.9 Å². The number of nitrogens with one attached hydrogen (secondary N) is 1. The van der Waals surface area contributed by atoms with Crippen LogP contribution >= 0.6 is 11.6 Å². The van der Waals surface area contributed by atoms with Crippen LogP contribution in [0, 0.1) is 0 Å². The van der Waals surface area contributed by atoms with Gasteiger partial charge in [0, 0.05) is 17.9 Å². The van der Waals surface area contributed by atoms with Crippen LogP contribution in [0.25, 0.3) is 0 Å². The van der Waals surface area contributed by atoms with E-state index >= 15 is 0 Å². The van der Waals surface area contributed by atoms with E-state index in [-0.39, 0.29) is 35.9 Å². The lowest BCUT2D eigenvalue weighted by atomic mass is 10.1. The minimum atomic E-state index is -0.387. The number of imide groups is 1. The fraction of sp³-hybridized carbons (Fsp3) is 0.286. The van der Waals surface area contributed by atoms with E-state index in [1.54, 1.807) is 24.3 Å². The van der Waals surface area contributed by atoms with Gasteiger partial charge in [0.1, 0.15) is 5.75 Å². The van der Waals surface area contributed by atoms with E-state index in [0.717, 1.165) is 12.8 Å². The van der Waals surface area contributed by atoms with Crippen molar-refractivity contribution in [3.63, 3.8) is 0 Å². The zero-order valence-corrected chi connectivity index (χ0v) is 16.5. The number of nitrogens with zero attached hydrogens (tertiary/aromatic N) is 1. The first-order valence-corrected chi connectivity index (χ1v) is 9.62. The maximum atomic E-state index is 12.7. The Balaban J connectivity index is 1.51. The molecule has 0 bridgehead atoms. The second kappa shape index (κ2) is 7.85. The van der Waals surface area contributed by atoms with Crippen LogP contribution < -0.4 is 10.1 Å². The maximum absolute atomic E-state index is 12.7. The summed E-state index contributed by atoms with van der Waals surface area (Å²) in [5.41, 5.74) is 1.37. The molecule has 2 aromatic rings. The number of methoxy groups -OCH3 is 1. The van der Waals surface area contributed by atoms with Gasteiger partial charge in [0.15, 0.2) is 0 Å². The first-order valence-electron chi connectivity index (χ1n) is 9.24. The Bertz CT molecular complexity index is 1000. The van der Waals surface area contributed by atoms with E-state index in [9.17, 15) is 14.4 Å². The molecule has 2 aliphatic heterocycles. The quantitative estimate of drug-likeness (QED) is 0.758. The molecule has 150 valence electrons. The van der Waals surface area contributed by atoms with Crippen molar-refractivity contribution in [3.05, 3.63) is 58.1 Å². The van der Waals surface area contributed by atoms with Crippen LogP contribution in [0.15, 0.2) is 36.4 Å². The Morgan fingerprint density at radius 3 is 2.69 bits per heavy atom. The van der Waals surface area contributed by atoms with Gasteiger partial charge >= 0.3 is 0 Å².